The lowest BCUT2D eigenvalue weighted by atomic mass is 10.2. The predicted octanol–water partition coefficient (Wildman–Crippen LogP) is 1.37. The molecular formula is C13H22N2O2. The average Bonchev–Trinajstić information content (AvgIpc) is 2.38. The zero-order valence-corrected chi connectivity index (χ0v) is 10.9. The minimum absolute atomic E-state index is 0.748. The molecule has 0 atom stereocenters. The SMILES string of the molecule is COCCNCCN(C)c1ccccc1OC. The van der Waals surface area contributed by atoms with E-state index in [4.69, 9.17) is 9.47 Å². The Morgan fingerprint density at radius 1 is 1.18 bits per heavy atom. The summed E-state index contributed by atoms with van der Waals surface area (Å²) in [4.78, 5) is 2.18. The van der Waals surface area contributed by atoms with Crippen molar-refractivity contribution in [2.24, 2.45) is 0 Å². The van der Waals surface area contributed by atoms with E-state index in [-0.39, 0.29) is 0 Å². The van der Waals surface area contributed by atoms with Gasteiger partial charge in [-0.1, -0.05) is 12.1 Å². The van der Waals surface area contributed by atoms with Crippen LogP contribution < -0.4 is 15.0 Å². The Morgan fingerprint density at radius 2 is 1.94 bits per heavy atom. The van der Waals surface area contributed by atoms with Gasteiger partial charge in [-0.25, -0.2) is 0 Å². The first-order chi connectivity index (χ1) is 8.29. The fourth-order valence-corrected chi connectivity index (χ4v) is 1.61. The summed E-state index contributed by atoms with van der Waals surface area (Å²) in [6.45, 7) is 3.50. The van der Waals surface area contributed by atoms with Crippen LogP contribution in [0.3, 0.4) is 0 Å². The summed E-state index contributed by atoms with van der Waals surface area (Å²) in [5, 5.41) is 3.32. The lowest BCUT2D eigenvalue weighted by Gasteiger charge is -2.21. The molecule has 0 aliphatic heterocycles. The number of rotatable bonds is 8. The van der Waals surface area contributed by atoms with Crippen molar-refractivity contribution in [3.8, 4) is 5.75 Å². The van der Waals surface area contributed by atoms with Crippen molar-refractivity contribution < 1.29 is 9.47 Å². The number of anilines is 1. The monoisotopic (exact) mass is 238 g/mol. The molecule has 4 heteroatoms. The molecule has 1 aromatic rings. The van der Waals surface area contributed by atoms with Crippen LogP contribution in [0.5, 0.6) is 5.75 Å². The molecule has 0 radical (unpaired) electrons. The smallest absolute Gasteiger partial charge is 0.142 e. The maximum absolute atomic E-state index is 5.33. The summed E-state index contributed by atoms with van der Waals surface area (Å²) in [7, 11) is 5.47. The van der Waals surface area contributed by atoms with Crippen LogP contribution >= 0.6 is 0 Å². The Kier molecular flexibility index (Phi) is 6.43. The lowest BCUT2D eigenvalue weighted by Crippen LogP contribution is -2.31. The third-order valence-electron chi connectivity index (χ3n) is 2.60. The number of methoxy groups -OCH3 is 2. The standard InChI is InChI=1S/C13H22N2O2/c1-15(10-8-14-9-11-16-2)12-6-4-5-7-13(12)17-3/h4-7,14H,8-11H2,1-3H3. The van der Waals surface area contributed by atoms with Gasteiger partial charge in [0, 0.05) is 33.8 Å². The van der Waals surface area contributed by atoms with E-state index in [1.807, 2.05) is 18.2 Å². The molecule has 0 spiro atoms. The summed E-state index contributed by atoms with van der Waals surface area (Å²) in [6.07, 6.45) is 0. The predicted molar refractivity (Wildman–Crippen MR) is 71.0 cm³/mol. The van der Waals surface area contributed by atoms with Gasteiger partial charge in [0.1, 0.15) is 5.75 Å². The van der Waals surface area contributed by atoms with Gasteiger partial charge in [0.05, 0.1) is 19.4 Å². The molecule has 0 amide bonds. The second kappa shape index (κ2) is 7.92. The molecule has 4 nitrogen and oxygen atoms in total. The molecule has 0 bridgehead atoms. The van der Waals surface area contributed by atoms with Crippen molar-refractivity contribution in [1.82, 2.24) is 5.32 Å². The van der Waals surface area contributed by atoms with Gasteiger partial charge in [0.15, 0.2) is 0 Å². The first kappa shape index (κ1) is 13.8. The second-order valence-electron chi connectivity index (χ2n) is 3.84. The van der Waals surface area contributed by atoms with Crippen LogP contribution in [0.1, 0.15) is 0 Å². The van der Waals surface area contributed by atoms with Gasteiger partial charge in [-0.15, -0.1) is 0 Å². The van der Waals surface area contributed by atoms with Gasteiger partial charge in [-0.3, -0.25) is 0 Å². The molecule has 0 heterocycles. The molecule has 0 saturated heterocycles. The van der Waals surface area contributed by atoms with E-state index in [1.54, 1.807) is 14.2 Å². The average molecular weight is 238 g/mol. The highest BCUT2D eigenvalue weighted by Crippen LogP contribution is 2.25. The number of benzene rings is 1. The van der Waals surface area contributed by atoms with Crippen LogP contribution in [0, 0.1) is 0 Å². The van der Waals surface area contributed by atoms with E-state index < -0.39 is 0 Å². The van der Waals surface area contributed by atoms with E-state index in [0.29, 0.717) is 0 Å². The molecule has 96 valence electrons. The number of likely N-dealkylation sites (N-methyl/N-ethyl adjacent to an activating group) is 1. The van der Waals surface area contributed by atoms with Gasteiger partial charge in [0.25, 0.3) is 0 Å². The topological polar surface area (TPSA) is 33.7 Å². The summed E-state index contributed by atoms with van der Waals surface area (Å²) in [5.74, 6) is 0.909. The van der Waals surface area contributed by atoms with Gasteiger partial charge < -0.3 is 19.7 Å². The summed E-state index contributed by atoms with van der Waals surface area (Å²) >= 11 is 0. The molecule has 1 rings (SSSR count). The highest BCUT2D eigenvalue weighted by molar-refractivity contribution is 5.57. The first-order valence-electron chi connectivity index (χ1n) is 5.83. The third kappa shape index (κ3) is 4.63. The van der Waals surface area contributed by atoms with E-state index in [1.165, 1.54) is 0 Å². The van der Waals surface area contributed by atoms with Crippen LogP contribution in [0.4, 0.5) is 5.69 Å². The molecule has 0 fully saturated rings. The molecule has 0 unspecified atom stereocenters. The van der Waals surface area contributed by atoms with Crippen molar-refractivity contribution >= 4 is 5.69 Å². The van der Waals surface area contributed by atoms with E-state index in [2.05, 4.69) is 23.3 Å². The van der Waals surface area contributed by atoms with Crippen LogP contribution in [0.2, 0.25) is 0 Å². The zero-order valence-electron chi connectivity index (χ0n) is 10.9. The van der Waals surface area contributed by atoms with Crippen LogP contribution in [-0.4, -0.2) is 47.5 Å². The molecule has 0 saturated carbocycles. The third-order valence-corrected chi connectivity index (χ3v) is 2.60. The molecular weight excluding hydrogens is 216 g/mol. The minimum Gasteiger partial charge on any atom is -0.495 e. The number of para-hydroxylation sites is 2. The van der Waals surface area contributed by atoms with Gasteiger partial charge >= 0.3 is 0 Å². The Balaban J connectivity index is 2.38. The van der Waals surface area contributed by atoms with Crippen molar-refractivity contribution in [2.45, 2.75) is 0 Å². The maximum atomic E-state index is 5.33. The van der Waals surface area contributed by atoms with Crippen molar-refractivity contribution in [3.05, 3.63) is 24.3 Å². The highest BCUT2D eigenvalue weighted by Gasteiger charge is 2.05. The van der Waals surface area contributed by atoms with Gasteiger partial charge in [0.2, 0.25) is 0 Å². The lowest BCUT2D eigenvalue weighted by molar-refractivity contribution is 0.200. The number of nitrogens with zero attached hydrogens (tertiary/aromatic N) is 1. The fourth-order valence-electron chi connectivity index (χ4n) is 1.61. The number of ether oxygens (including phenoxy) is 2. The quantitative estimate of drug-likeness (QED) is 0.694. The minimum atomic E-state index is 0.748. The van der Waals surface area contributed by atoms with Crippen molar-refractivity contribution in [1.29, 1.82) is 0 Å². The zero-order chi connectivity index (χ0) is 12.5. The van der Waals surface area contributed by atoms with Gasteiger partial charge in [-0.05, 0) is 12.1 Å². The largest absolute Gasteiger partial charge is 0.495 e. The number of hydrogen-bond donors (Lipinski definition) is 1. The normalized spacial score (nSPS) is 10.3. The number of hydrogen-bond acceptors (Lipinski definition) is 4. The summed E-state index contributed by atoms with van der Waals surface area (Å²) < 4.78 is 10.3. The molecule has 1 aromatic carbocycles. The Labute approximate surface area is 104 Å². The molecule has 0 aliphatic carbocycles. The van der Waals surface area contributed by atoms with E-state index in [0.717, 1.165) is 37.7 Å². The summed E-state index contributed by atoms with van der Waals surface area (Å²) in [5.41, 5.74) is 1.11. The maximum Gasteiger partial charge on any atom is 0.142 e. The van der Waals surface area contributed by atoms with Crippen LogP contribution in [0.25, 0.3) is 0 Å². The van der Waals surface area contributed by atoms with Gasteiger partial charge in [-0.2, -0.15) is 0 Å². The molecule has 0 aliphatic rings. The van der Waals surface area contributed by atoms with Crippen LogP contribution in [-0.2, 0) is 4.74 Å². The van der Waals surface area contributed by atoms with Crippen molar-refractivity contribution in [2.75, 3.05) is 52.4 Å². The first-order valence-corrected chi connectivity index (χ1v) is 5.83. The Bertz CT molecular complexity index is 318. The second-order valence-corrected chi connectivity index (χ2v) is 3.84. The molecule has 0 aromatic heterocycles. The van der Waals surface area contributed by atoms with E-state index >= 15 is 0 Å². The van der Waals surface area contributed by atoms with E-state index in [9.17, 15) is 0 Å². The Morgan fingerprint density at radius 3 is 2.65 bits per heavy atom. The molecule has 17 heavy (non-hydrogen) atoms. The number of nitrogens with one attached hydrogen (secondary N) is 1. The molecule has 1 N–H and O–H groups in total. The van der Waals surface area contributed by atoms with Crippen LogP contribution in [0.15, 0.2) is 24.3 Å². The Hall–Kier alpha value is -1.26. The highest BCUT2D eigenvalue weighted by atomic mass is 16.5. The summed E-state index contributed by atoms with van der Waals surface area (Å²) in [6, 6.07) is 8.04. The van der Waals surface area contributed by atoms with Crippen molar-refractivity contribution in [3.63, 3.8) is 0 Å². The fraction of sp³-hybridized carbons (Fsp3) is 0.538.